The number of nitrogens with one attached hydrogen (secondary N) is 2. The first-order valence-electron chi connectivity index (χ1n) is 7.13. The monoisotopic (exact) mass is 331 g/mol. The number of hydrogen-bond donors (Lipinski definition) is 3. The lowest BCUT2D eigenvalue weighted by Crippen LogP contribution is -2.51. The highest BCUT2D eigenvalue weighted by Gasteiger charge is 2.44. The Balaban J connectivity index is 0.00000176. The fraction of sp³-hybridized carbons (Fsp3) is 0.467. The van der Waals surface area contributed by atoms with Crippen LogP contribution in [0.1, 0.15) is 11.6 Å². The number of aromatic amines is 1. The molecule has 1 aliphatic rings. The molecule has 0 spiro atoms. The minimum Gasteiger partial charge on any atom is -0.390 e. The number of halogens is 3. The number of fused-ring (bicyclic) bond motifs is 1. The number of aromatic nitrogens is 1. The van der Waals surface area contributed by atoms with Crippen LogP contribution in [0.4, 0.5) is 8.78 Å². The van der Waals surface area contributed by atoms with Crippen molar-refractivity contribution in [2.45, 2.75) is 12.0 Å². The van der Waals surface area contributed by atoms with E-state index in [1.165, 1.54) is 0 Å². The first-order valence-corrected chi connectivity index (χ1v) is 7.13. The minimum absolute atomic E-state index is 0. The number of aliphatic hydroxyl groups is 1. The Labute approximate surface area is 133 Å². The zero-order chi connectivity index (χ0) is 14.9. The molecule has 7 heteroatoms. The quantitative estimate of drug-likeness (QED) is 0.805. The largest absolute Gasteiger partial charge is 0.390 e. The zero-order valence-electron chi connectivity index (χ0n) is 12.1. The Morgan fingerprint density at radius 3 is 2.64 bits per heavy atom. The predicted molar refractivity (Wildman–Crippen MR) is 84.8 cm³/mol. The summed E-state index contributed by atoms with van der Waals surface area (Å²) in [5.74, 6) is -3.18. The average molecular weight is 332 g/mol. The van der Waals surface area contributed by atoms with Gasteiger partial charge < -0.3 is 15.4 Å². The fourth-order valence-electron chi connectivity index (χ4n) is 3.07. The van der Waals surface area contributed by atoms with E-state index in [1.807, 2.05) is 12.1 Å². The van der Waals surface area contributed by atoms with Crippen LogP contribution in [0.25, 0.3) is 10.9 Å². The molecule has 2 heterocycles. The van der Waals surface area contributed by atoms with Crippen molar-refractivity contribution in [3.63, 3.8) is 0 Å². The summed E-state index contributed by atoms with van der Waals surface area (Å²) in [6.07, 6.45) is 1.75. The van der Waals surface area contributed by atoms with Crippen molar-refractivity contribution < 1.29 is 13.9 Å². The van der Waals surface area contributed by atoms with Crippen molar-refractivity contribution in [2.75, 3.05) is 32.8 Å². The molecular formula is C15H20ClF2N3O. The van der Waals surface area contributed by atoms with E-state index < -0.39 is 18.6 Å². The van der Waals surface area contributed by atoms with Gasteiger partial charge in [-0.3, -0.25) is 4.90 Å². The molecular weight excluding hydrogens is 312 g/mol. The molecule has 0 unspecified atom stereocenters. The maximum atomic E-state index is 14.4. The molecule has 122 valence electrons. The highest BCUT2D eigenvalue weighted by molar-refractivity contribution is 5.85. The van der Waals surface area contributed by atoms with Gasteiger partial charge in [-0.2, -0.15) is 0 Å². The van der Waals surface area contributed by atoms with E-state index in [1.54, 1.807) is 23.2 Å². The number of aliphatic hydroxyl groups excluding tert-OH is 1. The number of benzene rings is 1. The summed E-state index contributed by atoms with van der Waals surface area (Å²) in [5.41, 5.74) is 1.40. The lowest BCUT2D eigenvalue weighted by molar-refractivity contribution is -0.118. The Morgan fingerprint density at radius 1 is 1.23 bits per heavy atom. The third-order valence-electron chi connectivity index (χ3n) is 4.05. The molecule has 1 saturated heterocycles. The smallest absolute Gasteiger partial charge is 0.289 e. The first kappa shape index (κ1) is 17.1. The van der Waals surface area contributed by atoms with Crippen molar-refractivity contribution in [1.82, 2.24) is 15.2 Å². The average Bonchev–Trinajstić information content (AvgIpc) is 2.98. The maximum absolute atomic E-state index is 14.4. The Kier molecular flexibility index (Phi) is 5.39. The van der Waals surface area contributed by atoms with Gasteiger partial charge in [0.1, 0.15) is 12.6 Å². The Morgan fingerprint density at radius 2 is 1.95 bits per heavy atom. The molecule has 4 nitrogen and oxygen atoms in total. The summed E-state index contributed by atoms with van der Waals surface area (Å²) in [5, 5.41) is 13.1. The summed E-state index contributed by atoms with van der Waals surface area (Å²) in [6.45, 7) is 1.30. The van der Waals surface area contributed by atoms with Crippen molar-refractivity contribution in [1.29, 1.82) is 0 Å². The summed E-state index contributed by atoms with van der Waals surface area (Å²) in [7, 11) is 0. The Bertz CT molecular complexity index is 614. The molecule has 0 amide bonds. The van der Waals surface area contributed by atoms with Crippen LogP contribution < -0.4 is 5.32 Å². The Hall–Kier alpha value is -1.21. The van der Waals surface area contributed by atoms with Crippen molar-refractivity contribution in [2.24, 2.45) is 0 Å². The maximum Gasteiger partial charge on any atom is 0.289 e. The zero-order valence-corrected chi connectivity index (χ0v) is 12.9. The van der Waals surface area contributed by atoms with E-state index in [9.17, 15) is 13.9 Å². The van der Waals surface area contributed by atoms with E-state index in [0.717, 1.165) is 10.9 Å². The van der Waals surface area contributed by atoms with Crippen LogP contribution in [-0.2, 0) is 0 Å². The number of hydrogen-bond acceptors (Lipinski definition) is 3. The van der Waals surface area contributed by atoms with Crippen LogP contribution in [0.5, 0.6) is 0 Å². The first-order chi connectivity index (χ1) is 10.1. The van der Waals surface area contributed by atoms with Crippen LogP contribution in [0.3, 0.4) is 0 Å². The van der Waals surface area contributed by atoms with Crippen LogP contribution in [-0.4, -0.2) is 53.7 Å². The van der Waals surface area contributed by atoms with E-state index in [2.05, 4.69) is 10.3 Å². The molecule has 1 aromatic heterocycles. The second-order valence-electron chi connectivity index (χ2n) is 5.39. The number of nitrogens with zero attached hydrogens (tertiary/aromatic N) is 1. The summed E-state index contributed by atoms with van der Waals surface area (Å²) in [6, 6.07) is 6.07. The second kappa shape index (κ2) is 6.91. The molecule has 0 bridgehead atoms. The van der Waals surface area contributed by atoms with Gasteiger partial charge in [0.2, 0.25) is 0 Å². The van der Waals surface area contributed by atoms with Gasteiger partial charge in [0, 0.05) is 43.3 Å². The van der Waals surface area contributed by atoms with Gasteiger partial charge in [-0.25, -0.2) is 8.78 Å². The van der Waals surface area contributed by atoms with Gasteiger partial charge in [-0.1, -0.05) is 12.1 Å². The molecule has 1 atom stereocenters. The van der Waals surface area contributed by atoms with Gasteiger partial charge in [0.25, 0.3) is 5.92 Å². The lowest BCUT2D eigenvalue weighted by atomic mass is 9.95. The molecule has 2 aromatic rings. The molecule has 3 rings (SSSR count). The molecule has 0 aliphatic carbocycles. The third-order valence-corrected chi connectivity index (χ3v) is 4.05. The van der Waals surface area contributed by atoms with Crippen molar-refractivity contribution in [3.8, 4) is 0 Å². The standard InChI is InChI=1S/C15H19F2N3O.ClH/c16-15(17,10-21)14(20-8-6-18-7-9-20)12-2-1-3-13-11(12)4-5-19-13;/h1-5,14,18-19,21H,6-10H2;1H/t14-;/m0./s1. The number of H-pyrrole nitrogens is 1. The molecule has 0 radical (unpaired) electrons. The van der Waals surface area contributed by atoms with Crippen molar-refractivity contribution in [3.05, 3.63) is 36.0 Å². The van der Waals surface area contributed by atoms with Crippen LogP contribution in [0.2, 0.25) is 0 Å². The third kappa shape index (κ3) is 3.10. The fourth-order valence-corrected chi connectivity index (χ4v) is 3.07. The van der Waals surface area contributed by atoms with Crippen LogP contribution >= 0.6 is 12.4 Å². The minimum atomic E-state index is -3.18. The second-order valence-corrected chi connectivity index (χ2v) is 5.39. The normalized spacial score (nSPS) is 18.1. The molecule has 1 fully saturated rings. The highest BCUT2D eigenvalue weighted by Crippen LogP contribution is 2.39. The lowest BCUT2D eigenvalue weighted by Gasteiger charge is -2.39. The number of rotatable bonds is 4. The summed E-state index contributed by atoms with van der Waals surface area (Å²) >= 11 is 0. The summed E-state index contributed by atoms with van der Waals surface area (Å²) < 4.78 is 28.8. The van der Waals surface area contributed by atoms with Gasteiger partial charge in [-0.15, -0.1) is 12.4 Å². The SMILES string of the molecule is Cl.OCC(F)(F)[C@H](c1cccc2[nH]ccc12)N1CCNCC1. The molecule has 22 heavy (non-hydrogen) atoms. The highest BCUT2D eigenvalue weighted by atomic mass is 35.5. The number of alkyl halides is 2. The van der Waals surface area contributed by atoms with Gasteiger partial charge in [0.15, 0.2) is 0 Å². The van der Waals surface area contributed by atoms with E-state index in [0.29, 0.717) is 31.7 Å². The molecule has 3 N–H and O–H groups in total. The van der Waals surface area contributed by atoms with Gasteiger partial charge in [-0.05, 0) is 17.7 Å². The predicted octanol–water partition coefficient (Wildman–Crippen LogP) is 2.16. The van der Waals surface area contributed by atoms with Crippen LogP contribution in [0, 0.1) is 0 Å². The topological polar surface area (TPSA) is 51.3 Å². The van der Waals surface area contributed by atoms with E-state index >= 15 is 0 Å². The molecule has 1 aliphatic heterocycles. The van der Waals surface area contributed by atoms with Crippen LogP contribution in [0.15, 0.2) is 30.5 Å². The van der Waals surface area contributed by atoms with E-state index in [-0.39, 0.29) is 12.4 Å². The van der Waals surface area contributed by atoms with Gasteiger partial charge >= 0.3 is 0 Å². The molecule has 1 aromatic carbocycles. The molecule has 0 saturated carbocycles. The van der Waals surface area contributed by atoms with Gasteiger partial charge in [0.05, 0.1) is 0 Å². The van der Waals surface area contributed by atoms with Crippen molar-refractivity contribution >= 4 is 23.3 Å². The summed E-state index contributed by atoms with van der Waals surface area (Å²) in [4.78, 5) is 4.81. The van der Waals surface area contributed by atoms with E-state index in [4.69, 9.17) is 0 Å². The number of piperazine rings is 1.